The Balaban J connectivity index is 1.15. The van der Waals surface area contributed by atoms with Gasteiger partial charge < -0.3 is 9.88 Å². The van der Waals surface area contributed by atoms with Gasteiger partial charge >= 0.3 is 0 Å². The van der Waals surface area contributed by atoms with Crippen molar-refractivity contribution in [1.29, 1.82) is 0 Å². The van der Waals surface area contributed by atoms with Crippen molar-refractivity contribution in [3.8, 4) is 0 Å². The molecular formula is C29H33N3O. The molecule has 0 atom stereocenters. The third kappa shape index (κ3) is 4.01. The van der Waals surface area contributed by atoms with E-state index in [9.17, 15) is 4.79 Å². The molecule has 0 aliphatic heterocycles. The van der Waals surface area contributed by atoms with Crippen LogP contribution < -0.4 is 5.32 Å². The van der Waals surface area contributed by atoms with Crippen molar-refractivity contribution in [1.82, 2.24) is 14.9 Å². The topological polar surface area (TPSA) is 46.9 Å². The van der Waals surface area contributed by atoms with E-state index in [4.69, 9.17) is 4.98 Å². The highest BCUT2D eigenvalue weighted by atomic mass is 16.2. The zero-order valence-electron chi connectivity index (χ0n) is 19.2. The first-order valence-corrected chi connectivity index (χ1v) is 12.6. The molecule has 0 saturated heterocycles. The largest absolute Gasteiger partial charge is 0.355 e. The van der Waals surface area contributed by atoms with Crippen LogP contribution >= 0.6 is 0 Å². The molecule has 4 aliphatic carbocycles. The number of aromatic nitrogens is 2. The number of imidazole rings is 1. The summed E-state index contributed by atoms with van der Waals surface area (Å²) in [4.78, 5) is 18.2. The number of hydrogen-bond acceptors (Lipinski definition) is 2. The Kier molecular flexibility index (Phi) is 5.32. The summed E-state index contributed by atoms with van der Waals surface area (Å²) >= 11 is 0. The van der Waals surface area contributed by atoms with E-state index in [1.165, 1.54) is 24.8 Å². The van der Waals surface area contributed by atoms with Crippen LogP contribution in [0.1, 0.15) is 49.9 Å². The SMILES string of the molecule is O=C(NCCc1nc2ccccc2n1C/C=C/c1ccccc1)C12CC3CC(CC(C3)C1)C2. The Hall–Kier alpha value is -2.88. The summed E-state index contributed by atoms with van der Waals surface area (Å²) < 4.78 is 2.28. The number of benzene rings is 2. The van der Waals surface area contributed by atoms with E-state index in [2.05, 4.69) is 64.5 Å². The second kappa shape index (κ2) is 8.48. The van der Waals surface area contributed by atoms with Gasteiger partial charge in [-0.25, -0.2) is 4.98 Å². The van der Waals surface area contributed by atoms with Crippen molar-refractivity contribution in [2.24, 2.45) is 23.2 Å². The first kappa shape index (κ1) is 20.7. The lowest BCUT2D eigenvalue weighted by Crippen LogP contribution is -2.53. The minimum atomic E-state index is -0.0761. The average Bonchev–Trinajstić information content (AvgIpc) is 3.16. The van der Waals surface area contributed by atoms with Crippen molar-refractivity contribution in [2.45, 2.75) is 51.5 Å². The molecule has 2 aromatic carbocycles. The second-order valence-electron chi connectivity index (χ2n) is 10.6. The molecule has 170 valence electrons. The zero-order valence-corrected chi connectivity index (χ0v) is 19.2. The lowest BCUT2D eigenvalue weighted by Gasteiger charge is -2.55. The molecule has 33 heavy (non-hydrogen) atoms. The van der Waals surface area contributed by atoms with E-state index in [0.717, 1.165) is 66.8 Å². The lowest BCUT2D eigenvalue weighted by atomic mass is 9.49. The van der Waals surface area contributed by atoms with Crippen LogP contribution in [0, 0.1) is 23.2 Å². The molecule has 0 radical (unpaired) electrons. The Morgan fingerprint density at radius 3 is 2.36 bits per heavy atom. The molecule has 1 heterocycles. The summed E-state index contributed by atoms with van der Waals surface area (Å²) in [5.41, 5.74) is 3.30. The van der Waals surface area contributed by atoms with Crippen LogP contribution in [0.3, 0.4) is 0 Å². The number of fused-ring (bicyclic) bond motifs is 1. The number of hydrogen-bond donors (Lipinski definition) is 1. The fraction of sp³-hybridized carbons (Fsp3) is 0.448. The molecule has 4 nitrogen and oxygen atoms in total. The molecule has 1 N–H and O–H groups in total. The number of nitrogens with one attached hydrogen (secondary N) is 1. The van der Waals surface area contributed by atoms with Crippen molar-refractivity contribution in [2.75, 3.05) is 6.54 Å². The summed E-state index contributed by atoms with van der Waals surface area (Å²) in [6.45, 7) is 1.43. The third-order valence-electron chi connectivity index (χ3n) is 8.29. The highest BCUT2D eigenvalue weighted by Gasteiger charge is 2.54. The molecule has 7 rings (SSSR count). The Morgan fingerprint density at radius 1 is 0.970 bits per heavy atom. The first-order valence-electron chi connectivity index (χ1n) is 12.6. The molecule has 4 saturated carbocycles. The van der Waals surface area contributed by atoms with Gasteiger partial charge in [0.2, 0.25) is 5.91 Å². The van der Waals surface area contributed by atoms with Gasteiger partial charge in [0.1, 0.15) is 5.82 Å². The van der Waals surface area contributed by atoms with Gasteiger partial charge in [-0.2, -0.15) is 0 Å². The maximum atomic E-state index is 13.3. The van der Waals surface area contributed by atoms with Crippen molar-refractivity contribution in [3.05, 3.63) is 72.1 Å². The summed E-state index contributed by atoms with van der Waals surface area (Å²) in [6.07, 6.45) is 12.6. The molecule has 0 spiro atoms. The maximum Gasteiger partial charge on any atom is 0.226 e. The molecule has 0 unspecified atom stereocenters. The predicted molar refractivity (Wildman–Crippen MR) is 133 cm³/mol. The van der Waals surface area contributed by atoms with Crippen molar-refractivity contribution in [3.63, 3.8) is 0 Å². The monoisotopic (exact) mass is 439 g/mol. The van der Waals surface area contributed by atoms with E-state index in [0.29, 0.717) is 12.5 Å². The van der Waals surface area contributed by atoms with Crippen LogP contribution in [0.4, 0.5) is 0 Å². The van der Waals surface area contributed by atoms with Crippen molar-refractivity contribution >= 4 is 23.0 Å². The summed E-state index contributed by atoms with van der Waals surface area (Å²) in [6, 6.07) is 18.7. The highest BCUT2D eigenvalue weighted by Crippen LogP contribution is 2.60. The highest BCUT2D eigenvalue weighted by molar-refractivity contribution is 5.83. The number of carbonyl (C=O) groups excluding carboxylic acids is 1. The number of nitrogens with zero attached hydrogens (tertiary/aromatic N) is 2. The van der Waals surface area contributed by atoms with E-state index < -0.39 is 0 Å². The average molecular weight is 440 g/mol. The summed E-state index contributed by atoms with van der Waals surface area (Å²) in [5, 5.41) is 3.33. The van der Waals surface area contributed by atoms with Gasteiger partial charge in [-0.05, 0) is 74.0 Å². The standard InChI is InChI=1S/C29H33N3O/c33-28(29-18-22-15-23(19-29)17-24(16-22)20-29)30-13-12-27-31-25-10-4-5-11-26(25)32(27)14-6-9-21-7-2-1-3-8-21/h1-11,22-24H,12-20H2,(H,30,33)/b9-6+. The molecule has 4 bridgehead atoms. The van der Waals surface area contributed by atoms with Crippen LogP contribution in [-0.4, -0.2) is 22.0 Å². The molecular weight excluding hydrogens is 406 g/mol. The van der Waals surface area contributed by atoms with E-state index >= 15 is 0 Å². The van der Waals surface area contributed by atoms with E-state index in [1.807, 2.05) is 12.1 Å². The lowest BCUT2D eigenvalue weighted by molar-refractivity contribution is -0.146. The van der Waals surface area contributed by atoms with Gasteiger partial charge in [0.05, 0.1) is 11.0 Å². The van der Waals surface area contributed by atoms with Crippen LogP contribution in [-0.2, 0) is 17.8 Å². The molecule has 1 aromatic heterocycles. The molecule has 1 amide bonds. The van der Waals surface area contributed by atoms with Crippen LogP contribution in [0.15, 0.2) is 60.7 Å². The number of carbonyl (C=O) groups is 1. The molecule has 4 fully saturated rings. The molecule has 4 aliphatic rings. The summed E-state index contributed by atoms with van der Waals surface area (Å²) in [7, 11) is 0. The van der Waals surface area contributed by atoms with Crippen LogP contribution in [0.25, 0.3) is 17.1 Å². The van der Waals surface area contributed by atoms with E-state index in [1.54, 1.807) is 0 Å². The predicted octanol–water partition coefficient (Wildman–Crippen LogP) is 5.62. The number of para-hydroxylation sites is 2. The normalized spacial score (nSPS) is 28.1. The number of amides is 1. The van der Waals surface area contributed by atoms with Gasteiger partial charge in [0.15, 0.2) is 0 Å². The van der Waals surface area contributed by atoms with Crippen LogP contribution in [0.5, 0.6) is 0 Å². The zero-order chi connectivity index (χ0) is 22.3. The minimum absolute atomic E-state index is 0.0761. The van der Waals surface area contributed by atoms with E-state index in [-0.39, 0.29) is 5.41 Å². The number of allylic oxidation sites excluding steroid dienone is 1. The molecule has 3 aromatic rings. The van der Waals surface area contributed by atoms with Crippen molar-refractivity contribution < 1.29 is 4.79 Å². The second-order valence-corrected chi connectivity index (χ2v) is 10.6. The van der Waals surface area contributed by atoms with Gasteiger partial charge in [0.25, 0.3) is 0 Å². The van der Waals surface area contributed by atoms with Gasteiger partial charge in [0, 0.05) is 24.9 Å². The fourth-order valence-corrected chi connectivity index (χ4v) is 7.24. The van der Waals surface area contributed by atoms with Crippen LogP contribution in [0.2, 0.25) is 0 Å². The van der Waals surface area contributed by atoms with Gasteiger partial charge in [-0.3, -0.25) is 4.79 Å². The third-order valence-corrected chi connectivity index (χ3v) is 8.29. The maximum absolute atomic E-state index is 13.3. The fourth-order valence-electron chi connectivity index (χ4n) is 7.24. The van der Waals surface area contributed by atoms with Gasteiger partial charge in [-0.1, -0.05) is 54.6 Å². The number of rotatable bonds is 7. The smallest absolute Gasteiger partial charge is 0.226 e. The minimum Gasteiger partial charge on any atom is -0.355 e. The summed E-state index contributed by atoms with van der Waals surface area (Å²) in [5.74, 6) is 3.74. The first-order chi connectivity index (χ1) is 16.2. The van der Waals surface area contributed by atoms with Gasteiger partial charge in [-0.15, -0.1) is 0 Å². The Bertz CT molecular complexity index is 1140. The Morgan fingerprint density at radius 2 is 1.64 bits per heavy atom. The molecule has 4 heteroatoms. The quantitative estimate of drug-likeness (QED) is 0.519. The Labute approximate surface area is 196 Å².